The molecule has 0 aromatic heterocycles. The molecule has 0 bridgehead atoms. The molecule has 0 unspecified atom stereocenters. The molecule has 0 aliphatic carbocycles. The number of aliphatic hydroxyl groups is 1. The third kappa shape index (κ3) is 1.64. The Morgan fingerprint density at radius 3 is 2.93 bits per heavy atom. The number of nitrogens with one attached hydrogen (secondary N) is 2. The predicted octanol–water partition coefficient (Wildman–Crippen LogP) is -1.40. The Morgan fingerprint density at radius 2 is 2.43 bits per heavy atom. The van der Waals surface area contributed by atoms with E-state index in [0.29, 0.717) is 0 Å². The normalized spacial score (nSPS) is 21.6. The average Bonchev–Trinajstić information content (AvgIpc) is 2.20. The summed E-state index contributed by atoms with van der Waals surface area (Å²) in [6.07, 6.45) is -0.746. The summed E-state index contributed by atoms with van der Waals surface area (Å²) in [6.45, 7) is -0.208. The molecule has 1 amide bonds. The summed E-state index contributed by atoms with van der Waals surface area (Å²) in [6, 6.07) is 0. The topological polar surface area (TPSA) is 99.5 Å². The molecule has 14 heavy (non-hydrogen) atoms. The average molecular weight is 198 g/mol. The fourth-order valence-corrected chi connectivity index (χ4v) is 1.11. The number of cyclic esters (lactones) is 1. The van der Waals surface area contributed by atoms with Crippen molar-refractivity contribution in [3.8, 4) is 0 Å². The van der Waals surface area contributed by atoms with Gasteiger partial charge in [-0.2, -0.15) is 0 Å². The fourth-order valence-electron chi connectivity index (χ4n) is 1.11. The number of ether oxygens (including phenoxy) is 1. The Kier molecular flexibility index (Phi) is 2.98. The second kappa shape index (κ2) is 4.01. The smallest absolute Gasteiger partial charge is 0.340 e. The van der Waals surface area contributed by atoms with Crippen LogP contribution >= 0.6 is 0 Å². The van der Waals surface area contributed by atoms with Gasteiger partial charge < -0.3 is 20.6 Å². The van der Waals surface area contributed by atoms with Gasteiger partial charge in [0.1, 0.15) is 6.61 Å². The SMILES string of the molecule is CNC(=O)C1=C(C=N)[C@H](O)C(=O)OC1. The van der Waals surface area contributed by atoms with Gasteiger partial charge in [-0.25, -0.2) is 4.79 Å². The Balaban J connectivity index is 3.10. The van der Waals surface area contributed by atoms with E-state index in [-0.39, 0.29) is 17.8 Å². The van der Waals surface area contributed by atoms with Crippen molar-refractivity contribution in [3.05, 3.63) is 11.1 Å². The molecule has 0 fully saturated rings. The van der Waals surface area contributed by atoms with Crippen molar-refractivity contribution in [1.82, 2.24) is 5.32 Å². The lowest BCUT2D eigenvalue weighted by molar-refractivity contribution is -0.152. The number of hydrogen-bond acceptors (Lipinski definition) is 5. The van der Waals surface area contributed by atoms with Crippen LogP contribution in [0, 0.1) is 5.41 Å². The van der Waals surface area contributed by atoms with Gasteiger partial charge in [-0.15, -0.1) is 0 Å². The first-order chi connectivity index (χ1) is 6.61. The Morgan fingerprint density at radius 1 is 1.79 bits per heavy atom. The predicted molar refractivity (Wildman–Crippen MR) is 46.8 cm³/mol. The lowest BCUT2D eigenvalue weighted by Crippen LogP contribution is -2.37. The molecule has 0 saturated heterocycles. The quantitative estimate of drug-likeness (QED) is 0.375. The maximum absolute atomic E-state index is 11.2. The van der Waals surface area contributed by atoms with Gasteiger partial charge in [0.25, 0.3) is 5.91 Å². The molecule has 0 radical (unpaired) electrons. The van der Waals surface area contributed by atoms with E-state index in [4.69, 9.17) is 5.41 Å². The molecule has 0 spiro atoms. The van der Waals surface area contributed by atoms with Crippen LogP contribution in [0.3, 0.4) is 0 Å². The first-order valence-corrected chi connectivity index (χ1v) is 3.92. The van der Waals surface area contributed by atoms with Gasteiger partial charge in [0.15, 0.2) is 6.10 Å². The van der Waals surface area contributed by atoms with E-state index in [1.165, 1.54) is 7.05 Å². The minimum atomic E-state index is -1.53. The first-order valence-electron chi connectivity index (χ1n) is 3.92. The molecule has 0 aromatic carbocycles. The van der Waals surface area contributed by atoms with Gasteiger partial charge in [0.05, 0.1) is 5.57 Å². The molecule has 6 heteroatoms. The Bertz CT molecular complexity index is 321. The molecule has 0 saturated carbocycles. The van der Waals surface area contributed by atoms with E-state index in [2.05, 4.69) is 10.1 Å². The number of rotatable bonds is 2. The maximum Gasteiger partial charge on any atom is 0.340 e. The summed E-state index contributed by atoms with van der Waals surface area (Å²) in [4.78, 5) is 22.1. The highest BCUT2D eigenvalue weighted by atomic mass is 16.5. The largest absolute Gasteiger partial charge is 0.458 e. The number of likely N-dealkylation sites (N-methyl/N-ethyl adjacent to an activating group) is 1. The Labute approximate surface area is 80.1 Å². The van der Waals surface area contributed by atoms with Crippen LogP contribution in [0.15, 0.2) is 11.1 Å². The maximum atomic E-state index is 11.2. The van der Waals surface area contributed by atoms with Crippen molar-refractivity contribution in [2.45, 2.75) is 6.10 Å². The zero-order chi connectivity index (χ0) is 10.7. The zero-order valence-electron chi connectivity index (χ0n) is 7.53. The van der Waals surface area contributed by atoms with Gasteiger partial charge in [0, 0.05) is 18.8 Å². The molecule has 1 atom stereocenters. The van der Waals surface area contributed by atoms with Crippen LogP contribution in [0.25, 0.3) is 0 Å². The van der Waals surface area contributed by atoms with Crippen molar-refractivity contribution in [1.29, 1.82) is 5.41 Å². The molecule has 76 valence electrons. The summed E-state index contributed by atoms with van der Waals surface area (Å²) in [5, 5.41) is 18.6. The van der Waals surface area contributed by atoms with Crippen molar-refractivity contribution in [2.75, 3.05) is 13.7 Å². The van der Waals surface area contributed by atoms with E-state index in [1.807, 2.05) is 0 Å². The van der Waals surface area contributed by atoms with Gasteiger partial charge in [-0.05, 0) is 0 Å². The van der Waals surface area contributed by atoms with Gasteiger partial charge in [0.2, 0.25) is 0 Å². The highest BCUT2D eigenvalue weighted by Gasteiger charge is 2.31. The number of carbonyl (C=O) groups is 2. The standard InChI is InChI=1S/C8H10N2O4/c1-10-7(12)5-3-14-8(13)6(11)4(5)2-9/h2,6,9,11H,3H2,1H3,(H,10,12)/t6-/m0/s1. The summed E-state index contributed by atoms with van der Waals surface area (Å²) in [7, 11) is 1.42. The van der Waals surface area contributed by atoms with E-state index >= 15 is 0 Å². The lowest BCUT2D eigenvalue weighted by Gasteiger charge is -2.20. The second-order valence-electron chi connectivity index (χ2n) is 2.67. The van der Waals surface area contributed by atoms with Crippen molar-refractivity contribution >= 4 is 18.1 Å². The number of esters is 1. The van der Waals surface area contributed by atoms with Crippen molar-refractivity contribution < 1.29 is 19.4 Å². The minimum Gasteiger partial charge on any atom is -0.458 e. The van der Waals surface area contributed by atoms with E-state index in [0.717, 1.165) is 6.21 Å². The molecule has 1 rings (SSSR count). The van der Waals surface area contributed by atoms with Gasteiger partial charge >= 0.3 is 5.97 Å². The molecular weight excluding hydrogens is 188 g/mol. The van der Waals surface area contributed by atoms with E-state index in [1.54, 1.807) is 0 Å². The number of amides is 1. The number of aliphatic hydroxyl groups excluding tert-OH is 1. The molecule has 0 aromatic rings. The molecule has 1 aliphatic rings. The van der Waals surface area contributed by atoms with E-state index < -0.39 is 18.0 Å². The van der Waals surface area contributed by atoms with E-state index in [9.17, 15) is 14.7 Å². The van der Waals surface area contributed by atoms with Gasteiger partial charge in [-0.3, -0.25) is 4.79 Å². The first kappa shape index (κ1) is 10.4. The molecule has 1 aliphatic heterocycles. The van der Waals surface area contributed by atoms with Crippen LogP contribution < -0.4 is 5.32 Å². The number of carbonyl (C=O) groups excluding carboxylic acids is 2. The van der Waals surface area contributed by atoms with Crippen molar-refractivity contribution in [3.63, 3.8) is 0 Å². The van der Waals surface area contributed by atoms with Crippen LogP contribution in [-0.2, 0) is 14.3 Å². The zero-order valence-corrected chi connectivity index (χ0v) is 7.53. The summed E-state index contributed by atoms with van der Waals surface area (Å²) >= 11 is 0. The monoisotopic (exact) mass is 198 g/mol. The molecule has 3 N–H and O–H groups in total. The molecule has 1 heterocycles. The third-order valence-corrected chi connectivity index (χ3v) is 1.88. The Hall–Kier alpha value is -1.69. The number of hydrogen-bond donors (Lipinski definition) is 3. The van der Waals surface area contributed by atoms with Gasteiger partial charge in [-0.1, -0.05) is 0 Å². The van der Waals surface area contributed by atoms with Crippen molar-refractivity contribution in [2.24, 2.45) is 0 Å². The van der Waals surface area contributed by atoms with Crippen LogP contribution in [0.4, 0.5) is 0 Å². The fraction of sp³-hybridized carbons (Fsp3) is 0.375. The van der Waals surface area contributed by atoms with Crippen LogP contribution in [0.1, 0.15) is 0 Å². The summed E-state index contributed by atoms with van der Waals surface area (Å²) in [5.74, 6) is -1.30. The van der Waals surface area contributed by atoms with Crippen LogP contribution in [0.2, 0.25) is 0 Å². The highest BCUT2D eigenvalue weighted by molar-refractivity contribution is 6.04. The minimum absolute atomic E-state index is 0.0133. The van der Waals surface area contributed by atoms with Crippen LogP contribution in [-0.4, -0.2) is 43.0 Å². The molecular formula is C8H10N2O4. The summed E-state index contributed by atoms with van der Waals surface area (Å²) < 4.78 is 4.55. The molecule has 6 nitrogen and oxygen atoms in total. The lowest BCUT2D eigenvalue weighted by atomic mass is 10.0. The summed E-state index contributed by atoms with van der Waals surface area (Å²) in [5.41, 5.74) is 0.0928. The second-order valence-corrected chi connectivity index (χ2v) is 2.67. The third-order valence-electron chi connectivity index (χ3n) is 1.88. The van der Waals surface area contributed by atoms with Crippen LogP contribution in [0.5, 0.6) is 0 Å². The highest BCUT2D eigenvalue weighted by Crippen LogP contribution is 2.15.